The van der Waals surface area contributed by atoms with E-state index in [1.54, 1.807) is 0 Å². The molecule has 3 rings (SSSR count). The molecule has 1 aliphatic carbocycles. The van der Waals surface area contributed by atoms with Crippen LogP contribution in [-0.2, 0) is 6.54 Å². The van der Waals surface area contributed by atoms with Gasteiger partial charge in [0, 0.05) is 17.8 Å². The van der Waals surface area contributed by atoms with Crippen molar-refractivity contribution in [3.63, 3.8) is 0 Å². The number of nitrogens with two attached hydrogens (primary N) is 1. The topological polar surface area (TPSA) is 69.6 Å². The van der Waals surface area contributed by atoms with Crippen molar-refractivity contribution in [1.29, 1.82) is 0 Å². The van der Waals surface area contributed by atoms with Crippen LogP contribution >= 0.6 is 0 Å². The Morgan fingerprint density at radius 2 is 2.10 bits per heavy atom. The highest BCUT2D eigenvalue weighted by Crippen LogP contribution is 2.29. The molecule has 1 fully saturated rings. The Labute approximate surface area is 125 Å². The second-order valence-corrected chi connectivity index (χ2v) is 6.09. The third-order valence-corrected chi connectivity index (χ3v) is 4.53. The SMILES string of the molecule is Cc1ccc(-c2nnnn2CCCC2CCCC2)cc1N. The molecule has 1 aromatic carbocycles. The van der Waals surface area contributed by atoms with Gasteiger partial charge in [0.15, 0.2) is 5.82 Å². The minimum atomic E-state index is 0.785. The first-order chi connectivity index (χ1) is 10.2. The summed E-state index contributed by atoms with van der Waals surface area (Å²) in [6.07, 6.45) is 8.04. The monoisotopic (exact) mass is 285 g/mol. The fourth-order valence-electron chi connectivity index (χ4n) is 3.17. The third-order valence-electron chi connectivity index (χ3n) is 4.53. The van der Waals surface area contributed by atoms with Gasteiger partial charge in [0.1, 0.15) is 0 Å². The molecule has 1 aromatic heterocycles. The molecular formula is C16H23N5. The van der Waals surface area contributed by atoms with Crippen molar-refractivity contribution in [3.8, 4) is 11.4 Å². The maximum atomic E-state index is 5.98. The summed E-state index contributed by atoms with van der Waals surface area (Å²) < 4.78 is 1.90. The minimum absolute atomic E-state index is 0.785. The second kappa shape index (κ2) is 6.24. The van der Waals surface area contributed by atoms with E-state index in [4.69, 9.17) is 5.73 Å². The number of nitrogen functional groups attached to an aromatic ring is 1. The van der Waals surface area contributed by atoms with E-state index in [0.29, 0.717) is 0 Å². The predicted molar refractivity (Wildman–Crippen MR) is 83.6 cm³/mol. The molecule has 1 heterocycles. The van der Waals surface area contributed by atoms with Crippen molar-refractivity contribution < 1.29 is 0 Å². The zero-order chi connectivity index (χ0) is 14.7. The number of hydrogen-bond donors (Lipinski definition) is 1. The van der Waals surface area contributed by atoms with E-state index in [2.05, 4.69) is 15.5 Å². The lowest BCUT2D eigenvalue weighted by Gasteiger charge is -2.09. The van der Waals surface area contributed by atoms with Crippen LogP contribution in [-0.4, -0.2) is 20.2 Å². The number of nitrogens with zero attached hydrogens (tertiary/aromatic N) is 4. The van der Waals surface area contributed by atoms with Crippen molar-refractivity contribution in [3.05, 3.63) is 23.8 Å². The molecule has 5 heteroatoms. The van der Waals surface area contributed by atoms with Gasteiger partial charge in [-0.05, 0) is 47.7 Å². The molecule has 1 aliphatic rings. The number of benzene rings is 1. The standard InChI is InChI=1S/C16H23N5/c1-12-8-9-14(11-15(12)17)16-18-19-20-21(16)10-4-7-13-5-2-3-6-13/h8-9,11,13H,2-7,10,17H2,1H3. The molecule has 0 atom stereocenters. The maximum absolute atomic E-state index is 5.98. The van der Waals surface area contributed by atoms with Gasteiger partial charge in [0.25, 0.3) is 0 Å². The zero-order valence-electron chi connectivity index (χ0n) is 12.6. The molecule has 5 nitrogen and oxygen atoms in total. The van der Waals surface area contributed by atoms with Crippen LogP contribution in [0, 0.1) is 12.8 Å². The van der Waals surface area contributed by atoms with Gasteiger partial charge in [-0.3, -0.25) is 0 Å². The van der Waals surface area contributed by atoms with Gasteiger partial charge in [-0.1, -0.05) is 37.8 Å². The first-order valence-corrected chi connectivity index (χ1v) is 7.86. The first kappa shape index (κ1) is 14.0. The number of hydrogen-bond acceptors (Lipinski definition) is 4. The molecule has 0 aliphatic heterocycles. The molecule has 1 saturated carbocycles. The van der Waals surface area contributed by atoms with Gasteiger partial charge < -0.3 is 5.73 Å². The molecule has 0 spiro atoms. The summed E-state index contributed by atoms with van der Waals surface area (Å²) in [6.45, 7) is 2.89. The Morgan fingerprint density at radius 1 is 1.29 bits per heavy atom. The van der Waals surface area contributed by atoms with Gasteiger partial charge in [-0.15, -0.1) is 5.10 Å². The van der Waals surface area contributed by atoms with E-state index in [1.165, 1.54) is 32.1 Å². The molecule has 21 heavy (non-hydrogen) atoms. The molecule has 0 bridgehead atoms. The van der Waals surface area contributed by atoms with Crippen LogP contribution in [0.2, 0.25) is 0 Å². The van der Waals surface area contributed by atoms with E-state index in [1.807, 2.05) is 29.8 Å². The Morgan fingerprint density at radius 3 is 2.86 bits per heavy atom. The summed E-state index contributed by atoms with van der Waals surface area (Å²) >= 11 is 0. The quantitative estimate of drug-likeness (QED) is 0.856. The first-order valence-electron chi connectivity index (χ1n) is 7.86. The van der Waals surface area contributed by atoms with Crippen LogP contribution in [0.1, 0.15) is 44.1 Å². The van der Waals surface area contributed by atoms with Crippen molar-refractivity contribution >= 4 is 5.69 Å². The lowest BCUT2D eigenvalue weighted by molar-refractivity contribution is 0.444. The van der Waals surface area contributed by atoms with Crippen LogP contribution in [0.25, 0.3) is 11.4 Å². The van der Waals surface area contributed by atoms with Crippen molar-refractivity contribution in [1.82, 2.24) is 20.2 Å². The minimum Gasteiger partial charge on any atom is -0.398 e. The largest absolute Gasteiger partial charge is 0.398 e. The molecular weight excluding hydrogens is 262 g/mol. The molecule has 2 aromatic rings. The lowest BCUT2D eigenvalue weighted by Crippen LogP contribution is -2.05. The van der Waals surface area contributed by atoms with Gasteiger partial charge in [-0.2, -0.15) is 0 Å². The van der Waals surface area contributed by atoms with Crippen LogP contribution in [0.15, 0.2) is 18.2 Å². The van der Waals surface area contributed by atoms with Crippen LogP contribution in [0.3, 0.4) is 0 Å². The smallest absolute Gasteiger partial charge is 0.182 e. The fraction of sp³-hybridized carbons (Fsp3) is 0.562. The Kier molecular flexibility index (Phi) is 4.18. The summed E-state index contributed by atoms with van der Waals surface area (Å²) in [4.78, 5) is 0. The summed E-state index contributed by atoms with van der Waals surface area (Å²) in [6, 6.07) is 6.00. The van der Waals surface area contributed by atoms with Crippen LogP contribution in [0.5, 0.6) is 0 Å². The molecule has 0 amide bonds. The summed E-state index contributed by atoms with van der Waals surface area (Å²) in [5.74, 6) is 1.73. The van der Waals surface area contributed by atoms with E-state index < -0.39 is 0 Å². The van der Waals surface area contributed by atoms with E-state index in [9.17, 15) is 0 Å². The van der Waals surface area contributed by atoms with Crippen LogP contribution < -0.4 is 5.73 Å². The average Bonchev–Trinajstić information content (AvgIpc) is 3.13. The number of aromatic nitrogens is 4. The molecule has 0 saturated heterocycles. The van der Waals surface area contributed by atoms with Crippen molar-refractivity contribution in [2.75, 3.05) is 5.73 Å². The van der Waals surface area contributed by atoms with Gasteiger partial charge in [0.05, 0.1) is 0 Å². The van der Waals surface area contributed by atoms with Crippen LogP contribution in [0.4, 0.5) is 5.69 Å². The van der Waals surface area contributed by atoms with Crippen molar-refractivity contribution in [2.45, 2.75) is 52.0 Å². The number of tetrazole rings is 1. The highest BCUT2D eigenvalue weighted by Gasteiger charge is 2.15. The Bertz CT molecular complexity index is 598. The zero-order valence-corrected chi connectivity index (χ0v) is 12.6. The number of anilines is 1. The van der Waals surface area contributed by atoms with Gasteiger partial charge in [-0.25, -0.2) is 4.68 Å². The normalized spacial score (nSPS) is 15.7. The molecule has 0 unspecified atom stereocenters. The van der Waals surface area contributed by atoms with Gasteiger partial charge >= 0.3 is 0 Å². The Hall–Kier alpha value is -1.91. The highest BCUT2D eigenvalue weighted by atomic mass is 15.5. The fourth-order valence-corrected chi connectivity index (χ4v) is 3.17. The summed E-state index contributed by atoms with van der Waals surface area (Å²) in [5, 5.41) is 12.1. The number of aryl methyl sites for hydroxylation is 2. The molecule has 112 valence electrons. The highest BCUT2D eigenvalue weighted by molar-refractivity contribution is 5.63. The summed E-state index contributed by atoms with van der Waals surface area (Å²) in [7, 11) is 0. The Balaban J connectivity index is 1.66. The average molecular weight is 285 g/mol. The molecule has 2 N–H and O–H groups in total. The van der Waals surface area contributed by atoms with Gasteiger partial charge in [0.2, 0.25) is 0 Å². The predicted octanol–water partition coefficient (Wildman–Crippen LogP) is 3.20. The molecule has 0 radical (unpaired) electrons. The number of rotatable bonds is 5. The van der Waals surface area contributed by atoms with E-state index >= 15 is 0 Å². The second-order valence-electron chi connectivity index (χ2n) is 6.09. The lowest BCUT2D eigenvalue weighted by atomic mass is 10.0. The van der Waals surface area contributed by atoms with E-state index in [-0.39, 0.29) is 0 Å². The third kappa shape index (κ3) is 3.23. The summed E-state index contributed by atoms with van der Waals surface area (Å²) in [5.41, 5.74) is 8.84. The maximum Gasteiger partial charge on any atom is 0.182 e. The van der Waals surface area contributed by atoms with Crippen molar-refractivity contribution in [2.24, 2.45) is 5.92 Å². The van der Waals surface area contributed by atoms with E-state index in [0.717, 1.165) is 41.5 Å².